The van der Waals surface area contributed by atoms with Gasteiger partial charge in [0, 0.05) is 5.56 Å². The van der Waals surface area contributed by atoms with Crippen molar-refractivity contribution in [1.82, 2.24) is 4.90 Å². The Morgan fingerprint density at radius 2 is 2.15 bits per heavy atom. The average molecular weight is 375 g/mol. The number of aliphatic hydroxyl groups excluding tert-OH is 2. The van der Waals surface area contributed by atoms with E-state index in [1.165, 1.54) is 0 Å². The topological polar surface area (TPSA) is 133 Å². The normalized spacial score (nSPS) is 35.0. The highest BCUT2D eigenvalue weighted by Crippen LogP contribution is 2.38. The highest BCUT2D eigenvalue weighted by molar-refractivity contribution is 6.52. The minimum absolute atomic E-state index is 0.0186. The molecule has 142 valence electrons. The lowest BCUT2D eigenvalue weighted by molar-refractivity contribution is -0.211. The smallest absolute Gasteiger partial charge is 0.295 e. The van der Waals surface area contributed by atoms with Gasteiger partial charge in [-0.05, 0) is 0 Å². The fourth-order valence-corrected chi connectivity index (χ4v) is 3.38. The lowest BCUT2D eigenvalue weighted by Gasteiger charge is -2.34. The molecule has 27 heavy (non-hydrogen) atoms. The van der Waals surface area contributed by atoms with E-state index < -0.39 is 42.7 Å². The van der Waals surface area contributed by atoms with Crippen LogP contribution in [0.4, 0.5) is 4.39 Å². The number of nitrogens with zero attached hydrogens (tertiary/aromatic N) is 4. The standard InChI is InChI=1S/C17H18FN5O4/c18-16(6-11(25)12(7-24)27-16)23-9-21-13-15(23)20-8-22-17(13,19)14(26)10-4-2-1-3-5-10/h1-5,8,11-12,24-25H,6-7,9,19H2/t11-,12+,16-,17?/m0/s1. The molecule has 0 aliphatic carbocycles. The maximum absolute atomic E-state index is 15.4. The highest BCUT2D eigenvalue weighted by Gasteiger charge is 2.57. The van der Waals surface area contributed by atoms with E-state index >= 15 is 4.39 Å². The SMILES string of the molecule is NC1(C(=O)c2ccccc2)N=CN=C2C1=NCN2[C@@]1(F)C[C@H](O)[C@@H](CO)O1. The third-order valence-corrected chi connectivity index (χ3v) is 4.83. The van der Waals surface area contributed by atoms with E-state index in [1.807, 2.05) is 0 Å². The van der Waals surface area contributed by atoms with Crippen LogP contribution < -0.4 is 5.73 Å². The molecular formula is C17H18FN5O4. The van der Waals surface area contributed by atoms with Crippen LogP contribution in [-0.2, 0) is 4.74 Å². The molecule has 3 heterocycles. The van der Waals surface area contributed by atoms with Gasteiger partial charge in [0.05, 0.1) is 19.1 Å². The minimum Gasteiger partial charge on any atom is -0.394 e. The number of Topliss-reactive ketones (excluding diaryl/α,β-unsaturated/α-hetero) is 1. The number of nitrogens with two attached hydrogens (primary N) is 1. The van der Waals surface area contributed by atoms with Crippen molar-refractivity contribution in [2.24, 2.45) is 20.7 Å². The summed E-state index contributed by atoms with van der Waals surface area (Å²) in [4.78, 5) is 26.2. The number of aliphatic imine (C=N–C) groups is 3. The number of fused-ring (bicyclic) bond motifs is 1. The van der Waals surface area contributed by atoms with Gasteiger partial charge in [-0.3, -0.25) is 20.4 Å². The molecule has 1 aromatic carbocycles. The summed E-state index contributed by atoms with van der Waals surface area (Å²) in [6.45, 7) is -0.741. The van der Waals surface area contributed by atoms with Crippen molar-refractivity contribution in [2.75, 3.05) is 13.3 Å². The summed E-state index contributed by atoms with van der Waals surface area (Å²) in [5.74, 6) is -2.91. The molecule has 4 atom stereocenters. The second-order valence-electron chi connectivity index (χ2n) is 6.53. The van der Waals surface area contributed by atoms with Crippen LogP contribution in [0.15, 0.2) is 45.3 Å². The number of alkyl halides is 1. The zero-order valence-electron chi connectivity index (χ0n) is 14.2. The summed E-state index contributed by atoms with van der Waals surface area (Å²) in [5.41, 5.74) is 4.79. The van der Waals surface area contributed by atoms with Gasteiger partial charge in [-0.15, -0.1) is 0 Å². The van der Waals surface area contributed by atoms with Crippen LogP contribution in [0.2, 0.25) is 0 Å². The van der Waals surface area contributed by atoms with Crippen molar-refractivity contribution in [2.45, 2.75) is 30.3 Å². The van der Waals surface area contributed by atoms with Gasteiger partial charge in [-0.1, -0.05) is 30.3 Å². The van der Waals surface area contributed by atoms with Gasteiger partial charge in [0.25, 0.3) is 5.98 Å². The van der Waals surface area contributed by atoms with Crippen LogP contribution in [0.5, 0.6) is 0 Å². The minimum atomic E-state index is -2.43. The van der Waals surface area contributed by atoms with Crippen LogP contribution >= 0.6 is 0 Å². The van der Waals surface area contributed by atoms with Gasteiger partial charge in [0.15, 0.2) is 5.84 Å². The Morgan fingerprint density at radius 3 is 2.81 bits per heavy atom. The van der Waals surface area contributed by atoms with E-state index in [-0.39, 0.29) is 18.2 Å². The predicted octanol–water partition coefficient (Wildman–Crippen LogP) is -0.556. The lowest BCUT2D eigenvalue weighted by Crippen LogP contribution is -2.60. The molecule has 4 N–H and O–H groups in total. The van der Waals surface area contributed by atoms with E-state index in [0.29, 0.717) is 5.56 Å². The van der Waals surface area contributed by atoms with Gasteiger partial charge in [-0.2, -0.15) is 4.39 Å². The largest absolute Gasteiger partial charge is 0.394 e. The van der Waals surface area contributed by atoms with Crippen molar-refractivity contribution in [3.8, 4) is 0 Å². The summed E-state index contributed by atoms with van der Waals surface area (Å²) in [7, 11) is 0. The Morgan fingerprint density at radius 1 is 1.41 bits per heavy atom. The first-order valence-electron chi connectivity index (χ1n) is 8.38. The first-order chi connectivity index (χ1) is 12.9. The fourth-order valence-electron chi connectivity index (χ4n) is 3.38. The van der Waals surface area contributed by atoms with E-state index in [9.17, 15) is 15.0 Å². The Balaban J connectivity index is 1.64. The lowest BCUT2D eigenvalue weighted by atomic mass is 9.93. The van der Waals surface area contributed by atoms with Crippen molar-refractivity contribution in [1.29, 1.82) is 0 Å². The molecule has 3 aliphatic heterocycles. The molecule has 0 aromatic heterocycles. The molecule has 1 unspecified atom stereocenters. The predicted molar refractivity (Wildman–Crippen MR) is 94.2 cm³/mol. The number of hydrogen-bond acceptors (Lipinski definition) is 9. The first-order valence-corrected chi connectivity index (χ1v) is 8.38. The third-order valence-electron chi connectivity index (χ3n) is 4.83. The van der Waals surface area contributed by atoms with E-state index in [1.54, 1.807) is 30.3 Å². The van der Waals surface area contributed by atoms with Crippen LogP contribution in [-0.4, -0.2) is 75.9 Å². The van der Waals surface area contributed by atoms with Crippen LogP contribution in [0.25, 0.3) is 0 Å². The number of rotatable bonds is 4. The van der Waals surface area contributed by atoms with Crippen molar-refractivity contribution >= 4 is 23.7 Å². The maximum atomic E-state index is 15.4. The van der Waals surface area contributed by atoms with Crippen molar-refractivity contribution < 1.29 is 24.1 Å². The first kappa shape index (κ1) is 17.9. The number of amidine groups is 1. The number of carbonyl (C=O) groups is 1. The van der Waals surface area contributed by atoms with Gasteiger partial charge in [0.1, 0.15) is 24.8 Å². The summed E-state index contributed by atoms with van der Waals surface area (Å²) < 4.78 is 20.6. The average Bonchev–Trinajstić information content (AvgIpc) is 3.24. The summed E-state index contributed by atoms with van der Waals surface area (Å²) >= 11 is 0. The number of hydrogen-bond donors (Lipinski definition) is 3. The monoisotopic (exact) mass is 375 g/mol. The van der Waals surface area contributed by atoms with Crippen LogP contribution in [0, 0.1) is 0 Å². The number of carbonyl (C=O) groups excluding carboxylic acids is 1. The molecule has 3 aliphatic rings. The van der Waals surface area contributed by atoms with Crippen molar-refractivity contribution in [3.63, 3.8) is 0 Å². The number of ketones is 1. The summed E-state index contributed by atoms with van der Waals surface area (Å²) in [6, 6.07) is 8.35. The Kier molecular flexibility index (Phi) is 4.15. The molecular weight excluding hydrogens is 357 g/mol. The molecule has 1 fully saturated rings. The zero-order chi connectivity index (χ0) is 19.2. The zero-order valence-corrected chi connectivity index (χ0v) is 14.2. The van der Waals surface area contributed by atoms with Crippen molar-refractivity contribution in [3.05, 3.63) is 35.9 Å². The summed E-state index contributed by atoms with van der Waals surface area (Å²) in [6.07, 6.45) is -1.56. The van der Waals surface area contributed by atoms with Crippen LogP contribution in [0.1, 0.15) is 16.8 Å². The fraction of sp³-hybridized carbons (Fsp3) is 0.412. The molecule has 0 bridgehead atoms. The molecule has 0 saturated carbocycles. The second-order valence-corrected chi connectivity index (χ2v) is 6.53. The maximum Gasteiger partial charge on any atom is 0.295 e. The van der Waals surface area contributed by atoms with Gasteiger partial charge < -0.3 is 14.9 Å². The van der Waals surface area contributed by atoms with Gasteiger partial charge in [-0.25, -0.2) is 9.98 Å². The van der Waals surface area contributed by atoms with Gasteiger partial charge >= 0.3 is 0 Å². The second kappa shape index (κ2) is 6.27. The van der Waals surface area contributed by atoms with Gasteiger partial charge in [0.2, 0.25) is 11.4 Å². The molecule has 9 nitrogen and oxygen atoms in total. The van der Waals surface area contributed by atoms with E-state index in [4.69, 9.17) is 10.5 Å². The third kappa shape index (κ3) is 2.69. The Bertz CT molecular complexity index is 860. The highest BCUT2D eigenvalue weighted by atomic mass is 19.2. The molecule has 10 heteroatoms. The van der Waals surface area contributed by atoms with E-state index in [2.05, 4.69) is 15.0 Å². The Labute approximate surface area is 153 Å². The quantitative estimate of drug-likeness (QED) is 0.477. The molecule has 0 spiro atoms. The molecule has 1 aromatic rings. The molecule has 4 rings (SSSR count). The van der Waals surface area contributed by atoms with E-state index in [0.717, 1.165) is 11.2 Å². The number of ether oxygens (including phenoxy) is 1. The molecule has 1 saturated heterocycles. The number of halogens is 1. The number of benzene rings is 1. The Hall–Kier alpha value is -2.53. The molecule has 0 amide bonds. The number of aliphatic hydroxyl groups is 2. The summed E-state index contributed by atoms with van der Waals surface area (Å²) in [5, 5.41) is 19.1. The van der Waals surface area contributed by atoms with Crippen LogP contribution in [0.3, 0.4) is 0 Å². The molecule has 0 radical (unpaired) electrons.